The largest absolute Gasteiger partial charge is 0.478 e. The second-order valence-corrected chi connectivity index (χ2v) is 3.96. The Labute approximate surface area is 118 Å². The number of aromatic nitrogens is 2. The van der Waals surface area contributed by atoms with Gasteiger partial charge >= 0.3 is 5.97 Å². The second-order valence-electron chi connectivity index (χ2n) is 3.96. The lowest BCUT2D eigenvalue weighted by Crippen LogP contribution is -2.43. The summed E-state index contributed by atoms with van der Waals surface area (Å²) in [6, 6.07) is 0. The number of piperazine rings is 1. The molecule has 2 N–H and O–H groups in total. The molecule has 6 nitrogen and oxygen atoms in total. The van der Waals surface area contributed by atoms with E-state index in [4.69, 9.17) is 5.11 Å². The van der Waals surface area contributed by atoms with Crippen molar-refractivity contribution in [2.24, 2.45) is 7.05 Å². The molecule has 2 rings (SSSR count). The van der Waals surface area contributed by atoms with Gasteiger partial charge in [0.15, 0.2) is 0 Å². The minimum absolute atomic E-state index is 0. The Hall–Kier alpha value is -0.820. The molecule has 0 spiro atoms. The van der Waals surface area contributed by atoms with Gasteiger partial charge in [-0.25, -0.2) is 4.79 Å². The van der Waals surface area contributed by atoms with E-state index in [0.717, 1.165) is 31.9 Å². The van der Waals surface area contributed by atoms with Crippen LogP contribution in [-0.4, -0.2) is 51.9 Å². The van der Waals surface area contributed by atoms with Crippen LogP contribution in [-0.2, 0) is 13.6 Å². The maximum Gasteiger partial charge on any atom is 0.339 e. The molecule has 0 saturated carbocycles. The summed E-state index contributed by atoms with van der Waals surface area (Å²) in [6.07, 6.45) is 1.42. The average Bonchev–Trinajstić information content (AvgIpc) is 2.62. The van der Waals surface area contributed by atoms with Crippen molar-refractivity contribution in [3.05, 3.63) is 17.5 Å². The van der Waals surface area contributed by atoms with Gasteiger partial charge in [0.05, 0.1) is 11.9 Å². The van der Waals surface area contributed by atoms with Crippen molar-refractivity contribution in [1.29, 1.82) is 0 Å². The molecule has 1 saturated heterocycles. The number of carbonyl (C=O) groups is 1. The van der Waals surface area contributed by atoms with Gasteiger partial charge in [-0.1, -0.05) is 0 Å². The van der Waals surface area contributed by atoms with Gasteiger partial charge in [-0.3, -0.25) is 9.58 Å². The molecule has 0 bridgehead atoms. The Kier molecular flexibility index (Phi) is 7.23. The van der Waals surface area contributed by atoms with Crippen LogP contribution in [0.4, 0.5) is 0 Å². The normalized spacial score (nSPS) is 15.6. The molecule has 1 fully saturated rings. The fourth-order valence-electron chi connectivity index (χ4n) is 1.91. The molecule has 1 aromatic rings. The van der Waals surface area contributed by atoms with Crippen LogP contribution in [0.25, 0.3) is 0 Å². The molecule has 1 aromatic heterocycles. The van der Waals surface area contributed by atoms with Crippen molar-refractivity contribution in [1.82, 2.24) is 20.0 Å². The number of carboxylic acid groups (broad SMARTS) is 1. The Morgan fingerprint density at radius 1 is 1.44 bits per heavy atom. The topological polar surface area (TPSA) is 70.4 Å². The highest BCUT2D eigenvalue weighted by atomic mass is 35.5. The third-order valence-electron chi connectivity index (χ3n) is 2.87. The molecule has 0 atom stereocenters. The van der Waals surface area contributed by atoms with E-state index in [9.17, 15) is 4.79 Å². The quantitative estimate of drug-likeness (QED) is 0.843. The third-order valence-corrected chi connectivity index (χ3v) is 2.87. The van der Waals surface area contributed by atoms with E-state index < -0.39 is 5.97 Å². The van der Waals surface area contributed by atoms with Crippen LogP contribution >= 0.6 is 24.8 Å². The molecule has 0 radical (unpaired) electrons. The van der Waals surface area contributed by atoms with Crippen LogP contribution in [0.1, 0.15) is 16.1 Å². The van der Waals surface area contributed by atoms with Gasteiger partial charge in [0, 0.05) is 39.8 Å². The van der Waals surface area contributed by atoms with Gasteiger partial charge < -0.3 is 10.4 Å². The highest BCUT2D eigenvalue weighted by Crippen LogP contribution is 2.11. The SMILES string of the molecule is Cl.Cl.Cn1ncc(C(=O)O)c1CN1CCNCC1. The first-order valence-corrected chi connectivity index (χ1v) is 5.35. The van der Waals surface area contributed by atoms with Crippen molar-refractivity contribution in [3.8, 4) is 0 Å². The zero-order valence-electron chi connectivity index (χ0n) is 10.1. The fourth-order valence-corrected chi connectivity index (χ4v) is 1.91. The van der Waals surface area contributed by atoms with Gasteiger partial charge in [0.2, 0.25) is 0 Å². The van der Waals surface area contributed by atoms with Crippen LogP contribution < -0.4 is 5.32 Å². The number of nitrogens with zero attached hydrogens (tertiary/aromatic N) is 3. The van der Waals surface area contributed by atoms with Crippen molar-refractivity contribution in [3.63, 3.8) is 0 Å². The highest BCUT2D eigenvalue weighted by molar-refractivity contribution is 5.88. The lowest BCUT2D eigenvalue weighted by atomic mass is 10.2. The predicted octanol–water partition coefficient (Wildman–Crippen LogP) is 0.367. The minimum atomic E-state index is -0.904. The molecule has 0 unspecified atom stereocenters. The van der Waals surface area contributed by atoms with Gasteiger partial charge in [-0.15, -0.1) is 24.8 Å². The molecule has 1 aliphatic rings. The maximum atomic E-state index is 11.0. The maximum absolute atomic E-state index is 11.0. The van der Waals surface area contributed by atoms with Crippen LogP contribution in [0.5, 0.6) is 0 Å². The van der Waals surface area contributed by atoms with Crippen molar-refractivity contribution in [2.75, 3.05) is 26.2 Å². The lowest BCUT2D eigenvalue weighted by molar-refractivity contribution is 0.0694. The van der Waals surface area contributed by atoms with Crippen molar-refractivity contribution in [2.45, 2.75) is 6.54 Å². The zero-order valence-corrected chi connectivity index (χ0v) is 11.8. The van der Waals surface area contributed by atoms with E-state index in [1.165, 1.54) is 6.20 Å². The highest BCUT2D eigenvalue weighted by Gasteiger charge is 2.18. The third kappa shape index (κ3) is 3.84. The first kappa shape index (κ1) is 17.2. The number of nitrogens with one attached hydrogen (secondary N) is 1. The van der Waals surface area contributed by atoms with Gasteiger partial charge in [-0.05, 0) is 0 Å². The molecular weight excluding hydrogens is 279 g/mol. The smallest absolute Gasteiger partial charge is 0.339 e. The number of hydrogen-bond acceptors (Lipinski definition) is 4. The predicted molar refractivity (Wildman–Crippen MR) is 72.8 cm³/mol. The number of aryl methyl sites for hydroxylation is 1. The van der Waals surface area contributed by atoms with E-state index in [0.29, 0.717) is 12.1 Å². The van der Waals surface area contributed by atoms with Crippen LogP contribution in [0, 0.1) is 0 Å². The summed E-state index contributed by atoms with van der Waals surface area (Å²) in [5.41, 5.74) is 1.08. The number of rotatable bonds is 3. The summed E-state index contributed by atoms with van der Waals surface area (Å²) in [6.45, 7) is 4.47. The first-order chi connectivity index (χ1) is 7.68. The number of hydrogen-bond donors (Lipinski definition) is 2. The van der Waals surface area contributed by atoms with E-state index in [1.807, 2.05) is 0 Å². The summed E-state index contributed by atoms with van der Waals surface area (Å²) < 4.78 is 1.64. The molecule has 18 heavy (non-hydrogen) atoms. The second kappa shape index (κ2) is 7.58. The Morgan fingerprint density at radius 3 is 2.61 bits per heavy atom. The van der Waals surface area contributed by atoms with E-state index >= 15 is 0 Å². The fraction of sp³-hybridized carbons (Fsp3) is 0.600. The number of carboxylic acids is 1. The summed E-state index contributed by atoms with van der Waals surface area (Å²) in [5.74, 6) is -0.904. The van der Waals surface area contributed by atoms with Crippen LogP contribution in [0.3, 0.4) is 0 Å². The average molecular weight is 297 g/mol. The summed E-state index contributed by atoms with van der Waals surface area (Å²) >= 11 is 0. The molecule has 104 valence electrons. The number of aromatic carboxylic acids is 1. The molecule has 8 heteroatoms. The first-order valence-electron chi connectivity index (χ1n) is 5.35. The standard InChI is InChI=1S/C10H16N4O2.2ClH/c1-13-9(8(6-12-13)10(15)16)7-14-4-2-11-3-5-14;;/h6,11H,2-5,7H2,1H3,(H,15,16);2*1H. The minimum Gasteiger partial charge on any atom is -0.478 e. The van der Waals surface area contributed by atoms with Crippen molar-refractivity contribution < 1.29 is 9.90 Å². The summed E-state index contributed by atoms with van der Waals surface area (Å²) in [5, 5.41) is 16.3. The van der Waals surface area contributed by atoms with Gasteiger partial charge in [-0.2, -0.15) is 5.10 Å². The molecule has 2 heterocycles. The van der Waals surface area contributed by atoms with E-state index in [1.54, 1.807) is 11.7 Å². The van der Waals surface area contributed by atoms with E-state index in [-0.39, 0.29) is 24.8 Å². The zero-order chi connectivity index (χ0) is 11.5. The van der Waals surface area contributed by atoms with Gasteiger partial charge in [0.1, 0.15) is 5.56 Å². The van der Waals surface area contributed by atoms with Crippen LogP contribution in [0.15, 0.2) is 6.20 Å². The Morgan fingerprint density at radius 2 is 2.06 bits per heavy atom. The molecule has 1 aliphatic heterocycles. The molecule has 0 aliphatic carbocycles. The van der Waals surface area contributed by atoms with E-state index in [2.05, 4.69) is 15.3 Å². The molecule has 0 aromatic carbocycles. The van der Waals surface area contributed by atoms with Gasteiger partial charge in [0.25, 0.3) is 0 Å². The van der Waals surface area contributed by atoms with Crippen LogP contribution in [0.2, 0.25) is 0 Å². The molecule has 0 amide bonds. The monoisotopic (exact) mass is 296 g/mol. The molecular formula is C10H18Cl2N4O2. The number of halogens is 2. The Balaban J connectivity index is 0.00000144. The van der Waals surface area contributed by atoms with Crippen molar-refractivity contribution >= 4 is 30.8 Å². The summed E-state index contributed by atoms with van der Waals surface area (Å²) in [7, 11) is 1.78. The lowest BCUT2D eigenvalue weighted by Gasteiger charge is -2.27. The Bertz CT molecular complexity index is 391. The summed E-state index contributed by atoms with van der Waals surface area (Å²) in [4.78, 5) is 13.2.